The summed E-state index contributed by atoms with van der Waals surface area (Å²) in [6, 6.07) is 14.1. The highest BCUT2D eigenvalue weighted by Crippen LogP contribution is 2.25. The average Bonchev–Trinajstić information content (AvgIpc) is 3.38. The van der Waals surface area contributed by atoms with Gasteiger partial charge in [-0.05, 0) is 25.0 Å². The predicted octanol–water partition coefficient (Wildman–Crippen LogP) is 4.13. The molecule has 0 unspecified atom stereocenters. The molecule has 2 aromatic heterocycles. The van der Waals surface area contributed by atoms with E-state index in [9.17, 15) is 4.79 Å². The van der Waals surface area contributed by atoms with Crippen LogP contribution in [0.3, 0.4) is 0 Å². The number of amides is 1. The molecule has 3 aromatic rings. The molecule has 2 heterocycles. The standard InChI is InChI=1S/C21H24N4O2S/c26-19(22-17-10-5-2-6-11-17)15-28-21-24-23-20(16-8-3-1-4-9-16)25(21)14-18-12-7-13-27-18/h1,3-4,7-9,12-13,17H,2,5-6,10-11,14-15H2,(H,22,26). The van der Waals surface area contributed by atoms with Crippen LogP contribution in [0.1, 0.15) is 37.9 Å². The zero-order valence-electron chi connectivity index (χ0n) is 15.7. The van der Waals surface area contributed by atoms with E-state index < -0.39 is 0 Å². The molecule has 1 fully saturated rings. The fourth-order valence-corrected chi connectivity index (χ4v) is 4.29. The van der Waals surface area contributed by atoms with Gasteiger partial charge >= 0.3 is 0 Å². The number of aromatic nitrogens is 3. The van der Waals surface area contributed by atoms with E-state index in [0.717, 1.165) is 30.0 Å². The number of carbonyl (C=O) groups is 1. The topological polar surface area (TPSA) is 73.0 Å². The summed E-state index contributed by atoms with van der Waals surface area (Å²) in [4.78, 5) is 12.4. The molecule has 0 aliphatic heterocycles. The third-order valence-electron chi connectivity index (χ3n) is 4.95. The number of carbonyl (C=O) groups excluding carboxylic acids is 1. The van der Waals surface area contributed by atoms with Crippen molar-refractivity contribution in [3.05, 3.63) is 54.5 Å². The van der Waals surface area contributed by atoms with Crippen LogP contribution in [-0.2, 0) is 11.3 Å². The number of hydrogen-bond donors (Lipinski definition) is 1. The lowest BCUT2D eigenvalue weighted by molar-refractivity contribution is -0.119. The molecular weight excluding hydrogens is 372 g/mol. The normalized spacial score (nSPS) is 14.9. The molecule has 28 heavy (non-hydrogen) atoms. The van der Waals surface area contributed by atoms with Gasteiger partial charge in [-0.25, -0.2) is 0 Å². The molecule has 0 atom stereocenters. The van der Waals surface area contributed by atoms with E-state index in [4.69, 9.17) is 4.42 Å². The molecule has 4 rings (SSSR count). The van der Waals surface area contributed by atoms with E-state index in [2.05, 4.69) is 15.5 Å². The second-order valence-corrected chi connectivity index (χ2v) is 7.97. The smallest absolute Gasteiger partial charge is 0.230 e. The van der Waals surface area contributed by atoms with Crippen molar-refractivity contribution in [2.24, 2.45) is 0 Å². The quantitative estimate of drug-likeness (QED) is 0.608. The summed E-state index contributed by atoms with van der Waals surface area (Å²) in [5.74, 6) is 1.99. The van der Waals surface area contributed by atoms with Crippen LogP contribution in [0.15, 0.2) is 58.3 Å². The summed E-state index contributed by atoms with van der Waals surface area (Å²) >= 11 is 1.42. The Morgan fingerprint density at radius 1 is 1.11 bits per heavy atom. The second kappa shape index (κ2) is 9.10. The van der Waals surface area contributed by atoms with Gasteiger partial charge in [-0.2, -0.15) is 0 Å². The van der Waals surface area contributed by atoms with Crippen molar-refractivity contribution in [1.82, 2.24) is 20.1 Å². The summed E-state index contributed by atoms with van der Waals surface area (Å²) in [6.45, 7) is 0.525. The molecule has 0 radical (unpaired) electrons. The third-order valence-corrected chi connectivity index (χ3v) is 5.91. The molecule has 1 aliphatic carbocycles. The Bertz CT molecular complexity index is 887. The van der Waals surface area contributed by atoms with Crippen LogP contribution in [0.4, 0.5) is 0 Å². The van der Waals surface area contributed by atoms with Crippen LogP contribution in [0, 0.1) is 0 Å². The van der Waals surface area contributed by atoms with Gasteiger partial charge < -0.3 is 9.73 Å². The van der Waals surface area contributed by atoms with E-state index >= 15 is 0 Å². The summed E-state index contributed by atoms with van der Waals surface area (Å²) in [5.41, 5.74) is 0.986. The van der Waals surface area contributed by atoms with Gasteiger partial charge in [0.1, 0.15) is 5.76 Å². The van der Waals surface area contributed by atoms with Gasteiger partial charge in [0, 0.05) is 11.6 Å². The van der Waals surface area contributed by atoms with Gasteiger partial charge in [-0.1, -0.05) is 61.4 Å². The number of benzene rings is 1. The highest BCUT2D eigenvalue weighted by Gasteiger charge is 2.19. The van der Waals surface area contributed by atoms with E-state index in [0.29, 0.717) is 23.5 Å². The van der Waals surface area contributed by atoms with Gasteiger partial charge in [-0.15, -0.1) is 10.2 Å². The molecule has 1 saturated carbocycles. The first-order valence-corrected chi connectivity index (χ1v) is 10.7. The fourth-order valence-electron chi connectivity index (χ4n) is 3.54. The van der Waals surface area contributed by atoms with E-state index in [1.165, 1.54) is 31.0 Å². The molecule has 1 amide bonds. The van der Waals surface area contributed by atoms with Crippen molar-refractivity contribution in [1.29, 1.82) is 0 Å². The number of nitrogens with one attached hydrogen (secondary N) is 1. The third kappa shape index (κ3) is 4.65. The maximum Gasteiger partial charge on any atom is 0.230 e. The van der Waals surface area contributed by atoms with Crippen molar-refractivity contribution in [3.8, 4) is 11.4 Å². The van der Waals surface area contributed by atoms with Crippen molar-refractivity contribution in [2.75, 3.05) is 5.75 Å². The van der Waals surface area contributed by atoms with Gasteiger partial charge in [0.15, 0.2) is 11.0 Å². The van der Waals surface area contributed by atoms with Crippen molar-refractivity contribution < 1.29 is 9.21 Å². The van der Waals surface area contributed by atoms with Gasteiger partial charge in [0.2, 0.25) is 5.91 Å². The molecule has 0 saturated heterocycles. The van der Waals surface area contributed by atoms with Crippen LogP contribution >= 0.6 is 11.8 Å². The molecule has 0 bridgehead atoms. The van der Waals surface area contributed by atoms with Crippen molar-refractivity contribution in [3.63, 3.8) is 0 Å². The minimum Gasteiger partial charge on any atom is -0.467 e. The molecule has 1 N–H and O–H groups in total. The number of furan rings is 1. The average molecular weight is 397 g/mol. The molecule has 1 aliphatic rings. The first-order valence-electron chi connectivity index (χ1n) is 9.73. The van der Waals surface area contributed by atoms with Crippen LogP contribution in [0.25, 0.3) is 11.4 Å². The van der Waals surface area contributed by atoms with Gasteiger partial charge in [0.25, 0.3) is 0 Å². The minimum atomic E-state index is 0.0608. The maximum atomic E-state index is 12.4. The van der Waals surface area contributed by atoms with Crippen LogP contribution in [-0.4, -0.2) is 32.5 Å². The van der Waals surface area contributed by atoms with Crippen molar-refractivity contribution in [2.45, 2.75) is 49.8 Å². The Morgan fingerprint density at radius 3 is 2.68 bits per heavy atom. The molecular formula is C21H24N4O2S. The number of nitrogens with zero attached hydrogens (tertiary/aromatic N) is 3. The molecule has 146 valence electrons. The SMILES string of the molecule is O=C(CSc1nnc(-c2ccccc2)n1Cc1ccco1)NC1CCCCC1. The first kappa shape index (κ1) is 18.8. The summed E-state index contributed by atoms with van der Waals surface area (Å²) in [5, 5.41) is 12.6. The monoisotopic (exact) mass is 396 g/mol. The molecule has 6 nitrogen and oxygen atoms in total. The first-order chi connectivity index (χ1) is 13.8. The molecule has 7 heteroatoms. The van der Waals surface area contributed by atoms with Crippen LogP contribution in [0.5, 0.6) is 0 Å². The zero-order chi connectivity index (χ0) is 19.2. The Labute approximate surface area is 168 Å². The van der Waals surface area contributed by atoms with Gasteiger partial charge in [0.05, 0.1) is 18.6 Å². The highest BCUT2D eigenvalue weighted by atomic mass is 32.2. The lowest BCUT2D eigenvalue weighted by Crippen LogP contribution is -2.37. The molecule has 0 spiro atoms. The summed E-state index contributed by atoms with van der Waals surface area (Å²) in [7, 11) is 0. The Hall–Kier alpha value is -2.54. The van der Waals surface area contributed by atoms with Crippen LogP contribution in [0.2, 0.25) is 0 Å². The van der Waals surface area contributed by atoms with Crippen molar-refractivity contribution >= 4 is 17.7 Å². The Balaban J connectivity index is 1.48. The lowest BCUT2D eigenvalue weighted by Gasteiger charge is -2.22. The largest absolute Gasteiger partial charge is 0.467 e. The summed E-state index contributed by atoms with van der Waals surface area (Å²) in [6.07, 6.45) is 7.52. The Kier molecular flexibility index (Phi) is 6.11. The maximum absolute atomic E-state index is 12.4. The van der Waals surface area contributed by atoms with Crippen LogP contribution < -0.4 is 5.32 Å². The number of rotatable bonds is 7. The van der Waals surface area contributed by atoms with Gasteiger partial charge in [-0.3, -0.25) is 9.36 Å². The summed E-state index contributed by atoms with van der Waals surface area (Å²) < 4.78 is 7.52. The highest BCUT2D eigenvalue weighted by molar-refractivity contribution is 7.99. The van der Waals surface area contributed by atoms with E-state index in [-0.39, 0.29) is 5.91 Å². The number of hydrogen-bond acceptors (Lipinski definition) is 5. The minimum absolute atomic E-state index is 0.0608. The lowest BCUT2D eigenvalue weighted by atomic mass is 9.95. The van der Waals surface area contributed by atoms with E-state index in [1.807, 2.05) is 47.0 Å². The Morgan fingerprint density at radius 2 is 1.93 bits per heavy atom. The van der Waals surface area contributed by atoms with E-state index in [1.54, 1.807) is 6.26 Å². The predicted molar refractivity (Wildman–Crippen MR) is 109 cm³/mol. The number of thioether (sulfide) groups is 1. The second-order valence-electron chi connectivity index (χ2n) is 7.03. The zero-order valence-corrected chi connectivity index (χ0v) is 16.5. The molecule has 1 aromatic carbocycles. The fraction of sp³-hybridized carbons (Fsp3) is 0.381.